The molecule has 3 nitrogen and oxygen atoms in total. The minimum atomic E-state index is -1.22. The zero-order valence-corrected chi connectivity index (χ0v) is 8.73. The third kappa shape index (κ3) is 1.23. The van der Waals surface area contributed by atoms with E-state index in [0.717, 1.165) is 0 Å². The molecule has 1 saturated heterocycles. The molecule has 13 heavy (non-hydrogen) atoms. The summed E-state index contributed by atoms with van der Waals surface area (Å²) < 4.78 is 10.6. The van der Waals surface area contributed by atoms with Crippen molar-refractivity contribution in [2.24, 2.45) is 0 Å². The topological polar surface area (TPSA) is 38.7 Å². The van der Waals surface area contributed by atoms with Crippen LogP contribution in [0.15, 0.2) is 10.1 Å². The van der Waals surface area contributed by atoms with Crippen molar-refractivity contribution in [2.45, 2.75) is 17.3 Å². The fourth-order valence-electron chi connectivity index (χ4n) is 1.47. The van der Waals surface area contributed by atoms with Crippen molar-refractivity contribution < 1.29 is 14.6 Å². The minimum Gasteiger partial charge on any atom is -0.386 e. The van der Waals surface area contributed by atoms with Crippen molar-refractivity contribution in [3.05, 3.63) is 10.1 Å². The van der Waals surface area contributed by atoms with Crippen LogP contribution in [0, 0.1) is 0 Å². The van der Waals surface area contributed by atoms with Gasteiger partial charge in [-0.05, 0) is 0 Å². The predicted molar refractivity (Wildman–Crippen MR) is 49.0 cm³/mol. The first-order chi connectivity index (χ1) is 6.09. The number of halogens is 3. The molecule has 1 N–H and O–H groups in total. The molecule has 1 spiro atoms. The Hall–Kier alpha value is 0.490. The van der Waals surface area contributed by atoms with Crippen LogP contribution in [0.5, 0.6) is 0 Å². The third-order valence-corrected chi connectivity index (χ3v) is 3.63. The molecule has 0 aromatic rings. The summed E-state index contributed by atoms with van der Waals surface area (Å²) in [5.74, 6) is -1.22. The number of rotatable bonds is 0. The van der Waals surface area contributed by atoms with E-state index in [9.17, 15) is 5.11 Å². The maximum Gasteiger partial charge on any atom is 0.227 e. The first kappa shape index (κ1) is 10.0. The first-order valence-electron chi connectivity index (χ1n) is 3.75. The summed E-state index contributed by atoms with van der Waals surface area (Å²) in [5, 5.41) is 8.97. The highest BCUT2D eigenvalue weighted by Gasteiger charge is 2.57. The Morgan fingerprint density at radius 1 is 1.31 bits per heavy atom. The van der Waals surface area contributed by atoms with Crippen LogP contribution in [-0.4, -0.2) is 35.6 Å². The number of aliphatic hydroxyl groups is 1. The number of alkyl halides is 1. The highest BCUT2D eigenvalue weighted by atomic mass is 35.5. The van der Waals surface area contributed by atoms with Crippen LogP contribution in [0.25, 0.3) is 0 Å². The van der Waals surface area contributed by atoms with Gasteiger partial charge in [-0.3, -0.25) is 0 Å². The Morgan fingerprint density at radius 2 is 1.85 bits per heavy atom. The van der Waals surface area contributed by atoms with E-state index < -0.39 is 17.3 Å². The van der Waals surface area contributed by atoms with Crippen LogP contribution in [-0.2, 0) is 9.47 Å². The quantitative estimate of drug-likeness (QED) is 0.656. The van der Waals surface area contributed by atoms with Crippen LogP contribution in [0.2, 0.25) is 0 Å². The van der Waals surface area contributed by atoms with Gasteiger partial charge in [0.2, 0.25) is 5.79 Å². The molecule has 2 atom stereocenters. The number of hydrogen-bond donors (Lipinski definition) is 1. The largest absolute Gasteiger partial charge is 0.386 e. The Morgan fingerprint density at radius 3 is 2.23 bits per heavy atom. The average Bonchev–Trinajstić information content (AvgIpc) is 2.67. The molecule has 2 aliphatic rings. The van der Waals surface area contributed by atoms with E-state index >= 15 is 0 Å². The van der Waals surface area contributed by atoms with Gasteiger partial charge >= 0.3 is 0 Å². The molecule has 1 aliphatic carbocycles. The summed E-state index contributed by atoms with van der Waals surface area (Å²) in [6.07, 6.45) is -1.02. The molecular formula is C7H7Cl3O3. The zero-order valence-electron chi connectivity index (χ0n) is 6.47. The normalized spacial score (nSPS) is 37.8. The molecule has 0 aromatic heterocycles. The van der Waals surface area contributed by atoms with Crippen molar-refractivity contribution in [2.75, 3.05) is 13.2 Å². The molecule has 0 radical (unpaired) electrons. The van der Waals surface area contributed by atoms with Crippen molar-refractivity contribution in [1.82, 2.24) is 0 Å². The Labute approximate surface area is 90.2 Å². The second-order valence-electron chi connectivity index (χ2n) is 2.87. The maximum atomic E-state index is 9.50. The Balaban J connectivity index is 2.39. The van der Waals surface area contributed by atoms with E-state index in [-0.39, 0.29) is 10.1 Å². The fourth-order valence-corrected chi connectivity index (χ4v) is 2.55. The van der Waals surface area contributed by atoms with Crippen molar-refractivity contribution >= 4 is 34.8 Å². The van der Waals surface area contributed by atoms with Gasteiger partial charge < -0.3 is 14.6 Å². The van der Waals surface area contributed by atoms with Crippen LogP contribution in [0.1, 0.15) is 0 Å². The Bertz CT molecular complexity index is 260. The lowest BCUT2D eigenvalue weighted by atomic mass is 10.2. The summed E-state index contributed by atoms with van der Waals surface area (Å²) in [4.78, 5) is 0. The van der Waals surface area contributed by atoms with Gasteiger partial charge in [-0.25, -0.2) is 0 Å². The van der Waals surface area contributed by atoms with Crippen molar-refractivity contribution in [3.8, 4) is 0 Å². The first-order valence-corrected chi connectivity index (χ1v) is 4.94. The van der Waals surface area contributed by atoms with Crippen molar-refractivity contribution in [1.29, 1.82) is 0 Å². The standard InChI is InChI=1S/C7H7Cl3O3/c8-3-4(11)6(10)7(5(3)9)12-1-2-13-7/h4,6,11H,1-2H2/t4-,6-/m0/s1. The SMILES string of the molecule is O[C@H]1C(Cl)=C(Cl)C2(OCCO2)[C@H]1Cl. The molecule has 0 aromatic carbocycles. The molecule has 0 unspecified atom stereocenters. The zero-order chi connectivity index (χ0) is 9.64. The van der Waals surface area contributed by atoms with Crippen LogP contribution in [0.4, 0.5) is 0 Å². The molecule has 1 heterocycles. The van der Waals surface area contributed by atoms with Gasteiger partial charge in [0.15, 0.2) is 0 Å². The maximum absolute atomic E-state index is 9.50. The highest BCUT2D eigenvalue weighted by Crippen LogP contribution is 2.48. The molecule has 2 rings (SSSR count). The molecule has 1 aliphatic heterocycles. The minimum absolute atomic E-state index is 0.101. The second-order valence-corrected chi connectivity index (χ2v) is 4.13. The molecule has 74 valence electrons. The monoisotopic (exact) mass is 244 g/mol. The molecule has 0 amide bonds. The summed E-state index contributed by atoms with van der Waals surface area (Å²) in [5.41, 5.74) is 0. The Kier molecular flexibility index (Phi) is 2.51. The lowest BCUT2D eigenvalue weighted by Gasteiger charge is -2.26. The predicted octanol–water partition coefficient (Wildman–Crippen LogP) is 1.40. The molecule has 0 saturated carbocycles. The van der Waals surface area contributed by atoms with Gasteiger partial charge in [0, 0.05) is 0 Å². The summed E-state index contributed by atoms with van der Waals surface area (Å²) >= 11 is 17.5. The van der Waals surface area contributed by atoms with Crippen LogP contribution < -0.4 is 0 Å². The number of ether oxygens (including phenoxy) is 2. The van der Waals surface area contributed by atoms with Gasteiger partial charge in [0.25, 0.3) is 0 Å². The lowest BCUT2D eigenvalue weighted by Crippen LogP contribution is -2.41. The molecule has 1 fully saturated rings. The molecule has 0 bridgehead atoms. The van der Waals surface area contributed by atoms with E-state index in [1.54, 1.807) is 0 Å². The van der Waals surface area contributed by atoms with E-state index in [0.29, 0.717) is 13.2 Å². The summed E-state index contributed by atoms with van der Waals surface area (Å²) in [7, 11) is 0. The van der Waals surface area contributed by atoms with E-state index in [1.807, 2.05) is 0 Å². The molecular weight excluding hydrogens is 238 g/mol. The van der Waals surface area contributed by atoms with Gasteiger partial charge in [0.05, 0.1) is 23.3 Å². The van der Waals surface area contributed by atoms with Gasteiger partial charge in [-0.2, -0.15) is 0 Å². The average molecular weight is 245 g/mol. The van der Waals surface area contributed by atoms with Crippen molar-refractivity contribution in [3.63, 3.8) is 0 Å². The van der Waals surface area contributed by atoms with Crippen LogP contribution >= 0.6 is 34.8 Å². The smallest absolute Gasteiger partial charge is 0.227 e. The number of aliphatic hydroxyl groups excluding tert-OH is 1. The van der Waals surface area contributed by atoms with E-state index in [4.69, 9.17) is 44.3 Å². The van der Waals surface area contributed by atoms with Gasteiger partial charge in [-0.15, -0.1) is 11.6 Å². The fraction of sp³-hybridized carbons (Fsp3) is 0.714. The third-order valence-electron chi connectivity index (χ3n) is 2.13. The van der Waals surface area contributed by atoms with Crippen LogP contribution in [0.3, 0.4) is 0 Å². The van der Waals surface area contributed by atoms with E-state index in [1.165, 1.54) is 0 Å². The van der Waals surface area contributed by atoms with Gasteiger partial charge in [-0.1, -0.05) is 23.2 Å². The number of hydrogen-bond acceptors (Lipinski definition) is 3. The van der Waals surface area contributed by atoms with Gasteiger partial charge in [0.1, 0.15) is 11.5 Å². The lowest BCUT2D eigenvalue weighted by molar-refractivity contribution is -0.124. The van der Waals surface area contributed by atoms with E-state index in [2.05, 4.69) is 0 Å². The highest BCUT2D eigenvalue weighted by molar-refractivity contribution is 6.42. The summed E-state index contributed by atoms with van der Waals surface area (Å²) in [6, 6.07) is 0. The summed E-state index contributed by atoms with van der Waals surface area (Å²) in [6.45, 7) is 0.798. The molecule has 6 heteroatoms. The second kappa shape index (κ2) is 3.26.